The Hall–Kier alpha value is -4.26. The Morgan fingerprint density at radius 3 is 2.39 bits per heavy atom. The molecule has 31 heavy (non-hydrogen) atoms. The number of esters is 1. The number of carbonyl (C=O) groups excluding carboxylic acids is 1. The van der Waals surface area contributed by atoms with Gasteiger partial charge in [-0.2, -0.15) is 0 Å². The smallest absolute Gasteiger partial charge is 0.312 e. The molecule has 0 aliphatic carbocycles. The maximum atomic E-state index is 12.9. The van der Waals surface area contributed by atoms with Crippen molar-refractivity contribution in [3.8, 4) is 34.3 Å². The van der Waals surface area contributed by atoms with Crippen molar-refractivity contribution in [2.24, 2.45) is 0 Å². The predicted octanol–water partition coefficient (Wildman–Crippen LogP) is 4.02. The predicted molar refractivity (Wildman–Crippen MR) is 111 cm³/mol. The summed E-state index contributed by atoms with van der Waals surface area (Å²) in [7, 11) is 0. The lowest BCUT2D eigenvalue weighted by atomic mass is 9.85. The van der Waals surface area contributed by atoms with Gasteiger partial charge in [0, 0.05) is 29.2 Å². The first-order chi connectivity index (χ1) is 14.9. The minimum atomic E-state index is -0.551. The summed E-state index contributed by atoms with van der Waals surface area (Å²) < 4.78 is 11.4. The number of hydrogen-bond donors (Lipinski definition) is 3. The van der Waals surface area contributed by atoms with Gasteiger partial charge in [0.1, 0.15) is 39.7 Å². The van der Waals surface area contributed by atoms with Gasteiger partial charge in [-0.05, 0) is 42.0 Å². The fraction of sp³-hybridized carbons (Fsp3) is 0.0833. The number of benzene rings is 3. The van der Waals surface area contributed by atoms with Gasteiger partial charge >= 0.3 is 5.97 Å². The van der Waals surface area contributed by atoms with E-state index in [2.05, 4.69) is 0 Å². The zero-order valence-electron chi connectivity index (χ0n) is 16.0. The molecule has 1 aliphatic rings. The second-order valence-corrected chi connectivity index (χ2v) is 7.36. The van der Waals surface area contributed by atoms with Crippen molar-refractivity contribution < 1.29 is 29.3 Å². The Morgan fingerprint density at radius 2 is 1.65 bits per heavy atom. The Bertz CT molecular complexity index is 1400. The van der Waals surface area contributed by atoms with E-state index in [1.807, 2.05) is 0 Å². The summed E-state index contributed by atoms with van der Waals surface area (Å²) in [5, 5.41) is 29.9. The van der Waals surface area contributed by atoms with Crippen molar-refractivity contribution >= 4 is 16.9 Å². The normalized spacial score (nSPS) is 15.5. The van der Waals surface area contributed by atoms with Crippen LogP contribution in [0.4, 0.5) is 0 Å². The van der Waals surface area contributed by atoms with Gasteiger partial charge in [0.25, 0.3) is 0 Å². The Morgan fingerprint density at radius 1 is 0.871 bits per heavy atom. The molecule has 0 spiro atoms. The van der Waals surface area contributed by atoms with Crippen LogP contribution in [0.25, 0.3) is 22.3 Å². The van der Waals surface area contributed by atoms with E-state index in [0.717, 1.165) is 0 Å². The molecule has 0 saturated carbocycles. The highest BCUT2D eigenvalue weighted by Crippen LogP contribution is 2.46. The summed E-state index contributed by atoms with van der Waals surface area (Å²) in [4.78, 5) is 25.1. The molecule has 3 N–H and O–H groups in total. The minimum absolute atomic E-state index is 0.0237. The molecule has 0 saturated heterocycles. The highest BCUT2D eigenvalue weighted by atomic mass is 16.5. The zero-order chi connectivity index (χ0) is 21.7. The molecule has 0 unspecified atom stereocenters. The van der Waals surface area contributed by atoms with Crippen molar-refractivity contribution in [1.82, 2.24) is 0 Å². The van der Waals surface area contributed by atoms with Gasteiger partial charge < -0.3 is 24.5 Å². The first kappa shape index (κ1) is 18.7. The topological polar surface area (TPSA) is 117 Å². The van der Waals surface area contributed by atoms with Crippen molar-refractivity contribution in [3.63, 3.8) is 0 Å². The van der Waals surface area contributed by atoms with Crippen molar-refractivity contribution in [2.45, 2.75) is 12.3 Å². The van der Waals surface area contributed by atoms with Crippen LogP contribution >= 0.6 is 0 Å². The van der Waals surface area contributed by atoms with Crippen LogP contribution in [0.5, 0.6) is 23.0 Å². The first-order valence-electron chi connectivity index (χ1n) is 9.53. The summed E-state index contributed by atoms with van der Waals surface area (Å²) in [5.74, 6) is -0.979. The highest BCUT2D eigenvalue weighted by molar-refractivity contribution is 5.93. The third-order valence-corrected chi connectivity index (χ3v) is 5.35. The van der Waals surface area contributed by atoms with Gasteiger partial charge in [-0.3, -0.25) is 9.59 Å². The summed E-state index contributed by atoms with van der Waals surface area (Å²) in [5.41, 5.74) is 1.27. The second kappa shape index (κ2) is 6.91. The standard InChI is InChI=1S/C24H16O7/c25-14-6-4-12(5-7-14)19-10-17(27)23-18(28)11-20-22(24(23)31-19)16(9-21(29)30-20)13-2-1-3-15(26)8-13/h1-8,10-11,16,25-26,28H,9H2/t16-/m1/s1. The fourth-order valence-corrected chi connectivity index (χ4v) is 3.95. The molecule has 1 aliphatic heterocycles. The minimum Gasteiger partial charge on any atom is -0.508 e. The summed E-state index contributed by atoms with van der Waals surface area (Å²) in [6.45, 7) is 0. The lowest BCUT2D eigenvalue weighted by Gasteiger charge is -2.26. The maximum absolute atomic E-state index is 12.9. The van der Waals surface area contributed by atoms with Gasteiger partial charge in [-0.25, -0.2) is 0 Å². The van der Waals surface area contributed by atoms with E-state index in [1.165, 1.54) is 36.4 Å². The fourth-order valence-electron chi connectivity index (χ4n) is 3.95. The quantitative estimate of drug-likeness (QED) is 0.334. The largest absolute Gasteiger partial charge is 0.508 e. The van der Waals surface area contributed by atoms with Crippen LogP contribution in [-0.4, -0.2) is 21.3 Å². The van der Waals surface area contributed by atoms with E-state index in [1.54, 1.807) is 24.3 Å². The summed E-state index contributed by atoms with van der Waals surface area (Å²) in [6.07, 6.45) is -0.0243. The van der Waals surface area contributed by atoms with Crippen molar-refractivity contribution in [1.29, 1.82) is 0 Å². The lowest BCUT2D eigenvalue weighted by Crippen LogP contribution is -2.22. The first-order valence-corrected chi connectivity index (χ1v) is 9.53. The Labute approximate surface area is 175 Å². The number of carbonyl (C=O) groups is 1. The molecule has 1 atom stereocenters. The van der Waals surface area contributed by atoms with Crippen LogP contribution in [0.1, 0.15) is 23.5 Å². The van der Waals surface area contributed by atoms with E-state index in [9.17, 15) is 24.9 Å². The van der Waals surface area contributed by atoms with Crippen LogP contribution in [-0.2, 0) is 4.79 Å². The van der Waals surface area contributed by atoms with Gasteiger partial charge in [0.15, 0.2) is 5.43 Å². The van der Waals surface area contributed by atoms with Crippen molar-refractivity contribution in [3.05, 3.63) is 82.0 Å². The molecular weight excluding hydrogens is 400 g/mol. The second-order valence-electron chi connectivity index (χ2n) is 7.36. The third kappa shape index (κ3) is 3.16. The van der Waals surface area contributed by atoms with Gasteiger partial charge in [0.05, 0.1) is 6.42 Å². The van der Waals surface area contributed by atoms with Gasteiger partial charge in [-0.15, -0.1) is 0 Å². The highest BCUT2D eigenvalue weighted by Gasteiger charge is 2.33. The Kier molecular flexibility index (Phi) is 4.18. The molecule has 0 bridgehead atoms. The van der Waals surface area contributed by atoms with E-state index in [0.29, 0.717) is 16.7 Å². The number of phenols is 3. The molecule has 7 nitrogen and oxygen atoms in total. The van der Waals surface area contributed by atoms with Crippen LogP contribution in [0, 0.1) is 0 Å². The molecule has 0 radical (unpaired) electrons. The molecule has 0 amide bonds. The summed E-state index contributed by atoms with van der Waals surface area (Å²) >= 11 is 0. The number of ether oxygens (including phenoxy) is 1. The molecule has 4 aromatic rings. The molecule has 3 aromatic carbocycles. The maximum Gasteiger partial charge on any atom is 0.312 e. The third-order valence-electron chi connectivity index (χ3n) is 5.35. The van der Waals surface area contributed by atoms with Crippen LogP contribution in [0.3, 0.4) is 0 Å². The SMILES string of the molecule is O=C1C[C@H](c2cccc(O)c2)c2c(cc(O)c3c(=O)cc(-c4ccc(O)cc4)oc23)O1. The molecule has 154 valence electrons. The van der Waals surface area contributed by atoms with Crippen LogP contribution in [0.15, 0.2) is 69.9 Å². The van der Waals surface area contributed by atoms with Crippen LogP contribution < -0.4 is 10.2 Å². The molecule has 5 rings (SSSR count). The zero-order valence-corrected chi connectivity index (χ0v) is 16.0. The molecule has 0 fully saturated rings. The average molecular weight is 416 g/mol. The van der Waals surface area contributed by atoms with Crippen LogP contribution in [0.2, 0.25) is 0 Å². The Balaban J connectivity index is 1.82. The molecule has 1 aromatic heterocycles. The van der Waals surface area contributed by atoms with Gasteiger partial charge in [0.2, 0.25) is 0 Å². The molecule has 7 heteroatoms. The number of rotatable bonds is 2. The van der Waals surface area contributed by atoms with Crippen molar-refractivity contribution in [2.75, 3.05) is 0 Å². The van der Waals surface area contributed by atoms with E-state index >= 15 is 0 Å². The number of fused-ring (bicyclic) bond motifs is 3. The molecule has 2 heterocycles. The van der Waals surface area contributed by atoms with E-state index < -0.39 is 17.3 Å². The number of aromatic hydroxyl groups is 3. The molecular formula is C24H16O7. The summed E-state index contributed by atoms with van der Waals surface area (Å²) in [6, 6.07) is 15.1. The van der Waals surface area contributed by atoms with E-state index in [4.69, 9.17) is 9.15 Å². The number of phenolic OH excluding ortho intramolecular Hbond substituents is 3. The van der Waals surface area contributed by atoms with Gasteiger partial charge in [-0.1, -0.05) is 12.1 Å². The average Bonchev–Trinajstić information content (AvgIpc) is 2.73. The lowest BCUT2D eigenvalue weighted by molar-refractivity contribution is -0.135. The number of hydrogen-bond acceptors (Lipinski definition) is 7. The van der Waals surface area contributed by atoms with E-state index in [-0.39, 0.29) is 46.1 Å². The monoisotopic (exact) mass is 416 g/mol.